The van der Waals surface area contributed by atoms with Crippen LogP contribution in [0.15, 0.2) is 18.2 Å². The summed E-state index contributed by atoms with van der Waals surface area (Å²) in [4.78, 5) is 13.6. The van der Waals surface area contributed by atoms with Crippen LogP contribution in [0.25, 0.3) is 0 Å². The number of halogens is 4. The number of hydrogen-bond acceptors (Lipinski definition) is 9. The third-order valence-corrected chi connectivity index (χ3v) is 9.01. The summed E-state index contributed by atoms with van der Waals surface area (Å²) in [5, 5.41) is 10.9. The van der Waals surface area contributed by atoms with Crippen molar-refractivity contribution in [3.8, 4) is 17.9 Å². The summed E-state index contributed by atoms with van der Waals surface area (Å²) >= 11 is 0. The largest absolute Gasteiger partial charge is 0.461 e. The number of nitrogens with zero attached hydrogens (tertiary/aromatic N) is 4. The molecule has 0 saturated carbocycles. The zero-order chi connectivity index (χ0) is 32.1. The number of anilines is 2. The van der Waals surface area contributed by atoms with Gasteiger partial charge in [0.15, 0.2) is 5.82 Å². The number of nitrogens with two attached hydrogens (primary N) is 1. The Balaban J connectivity index is 1.41. The number of β-amino-alcohol motifs (C(OH)–C–C–N with tert-alkyl or cyclic N) is 1. The molecule has 0 bridgehead atoms. The van der Waals surface area contributed by atoms with Gasteiger partial charge in [0.2, 0.25) is 0 Å². The predicted octanol–water partition coefficient (Wildman–Crippen LogP) is 4.16. The molecule has 4 aliphatic heterocycles. The number of ether oxygens (including phenoxy) is 3. The molecule has 1 aromatic heterocycles. The average molecular weight is 632 g/mol. The lowest BCUT2D eigenvalue weighted by atomic mass is 9.90. The molecule has 2 aromatic rings. The van der Waals surface area contributed by atoms with E-state index in [0.29, 0.717) is 36.8 Å². The van der Waals surface area contributed by atoms with Crippen LogP contribution >= 0.6 is 0 Å². The second kappa shape index (κ2) is 11.7. The molecule has 3 saturated heterocycles. The predicted molar refractivity (Wildman–Crippen MR) is 158 cm³/mol. The summed E-state index contributed by atoms with van der Waals surface area (Å²) in [5.74, 6) is 4.10. The maximum Gasteiger partial charge on any atom is 0.418 e. The van der Waals surface area contributed by atoms with E-state index in [4.69, 9.17) is 24.9 Å². The van der Waals surface area contributed by atoms with E-state index in [0.717, 1.165) is 44.0 Å². The Bertz CT molecular complexity index is 1570. The summed E-state index contributed by atoms with van der Waals surface area (Å²) in [7, 11) is 0. The molecule has 9 nitrogen and oxygen atoms in total. The second-order valence-corrected chi connectivity index (χ2v) is 12.7. The van der Waals surface area contributed by atoms with Crippen molar-refractivity contribution in [3.05, 3.63) is 52.0 Å². The highest BCUT2D eigenvalue weighted by Gasteiger charge is 2.47. The summed E-state index contributed by atoms with van der Waals surface area (Å²) in [6.45, 7) is 10.1. The Kier molecular flexibility index (Phi) is 8.22. The number of alkyl halides is 3. The molecule has 0 unspecified atom stereocenters. The number of aliphatic hydroxyl groups is 1. The van der Waals surface area contributed by atoms with Crippen LogP contribution in [0.3, 0.4) is 0 Å². The van der Waals surface area contributed by atoms with Gasteiger partial charge < -0.3 is 30.0 Å². The van der Waals surface area contributed by atoms with Gasteiger partial charge in [-0.1, -0.05) is 18.1 Å². The zero-order valence-corrected chi connectivity index (χ0v) is 25.4. The maximum atomic E-state index is 15.5. The van der Waals surface area contributed by atoms with E-state index in [9.17, 15) is 18.3 Å². The lowest BCUT2D eigenvalue weighted by Crippen LogP contribution is -2.44. The highest BCUT2D eigenvalue weighted by atomic mass is 19.4. The smallest absolute Gasteiger partial charge is 0.418 e. The first-order chi connectivity index (χ1) is 21.3. The molecule has 0 amide bonds. The van der Waals surface area contributed by atoms with Gasteiger partial charge in [-0.2, -0.15) is 23.1 Å². The molecule has 0 aliphatic carbocycles. The molecule has 45 heavy (non-hydrogen) atoms. The molecular formula is C32H37F4N5O4. The maximum absolute atomic E-state index is 15.5. The van der Waals surface area contributed by atoms with Crippen molar-refractivity contribution in [2.24, 2.45) is 0 Å². The Morgan fingerprint density at radius 3 is 2.84 bits per heavy atom. The van der Waals surface area contributed by atoms with Crippen LogP contribution in [0.2, 0.25) is 0 Å². The summed E-state index contributed by atoms with van der Waals surface area (Å²) < 4.78 is 76.7. The number of rotatable bonds is 5. The van der Waals surface area contributed by atoms with Gasteiger partial charge in [-0.05, 0) is 45.7 Å². The van der Waals surface area contributed by atoms with Gasteiger partial charge in [-0.3, -0.25) is 4.90 Å². The van der Waals surface area contributed by atoms with E-state index < -0.39 is 46.1 Å². The third-order valence-electron chi connectivity index (χ3n) is 9.01. The minimum atomic E-state index is -4.92. The first kappa shape index (κ1) is 31.5. The van der Waals surface area contributed by atoms with Crippen LogP contribution in [-0.2, 0) is 28.7 Å². The van der Waals surface area contributed by atoms with Gasteiger partial charge in [-0.15, -0.1) is 5.92 Å². The minimum Gasteiger partial charge on any atom is -0.461 e. The highest BCUT2D eigenvalue weighted by Crippen LogP contribution is 2.45. The quantitative estimate of drug-likeness (QED) is 0.218. The van der Waals surface area contributed by atoms with Gasteiger partial charge >= 0.3 is 12.2 Å². The van der Waals surface area contributed by atoms with E-state index in [2.05, 4.69) is 28.3 Å². The zero-order valence-electron chi connectivity index (χ0n) is 25.4. The van der Waals surface area contributed by atoms with E-state index >= 15 is 4.39 Å². The monoisotopic (exact) mass is 631 g/mol. The molecule has 0 spiro atoms. The van der Waals surface area contributed by atoms with Crippen molar-refractivity contribution >= 4 is 11.5 Å². The number of benzene rings is 1. The van der Waals surface area contributed by atoms with E-state index in [-0.39, 0.29) is 37.7 Å². The van der Waals surface area contributed by atoms with Crippen molar-refractivity contribution in [3.63, 3.8) is 0 Å². The van der Waals surface area contributed by atoms with Crippen molar-refractivity contribution in [2.75, 3.05) is 56.6 Å². The second-order valence-electron chi connectivity index (χ2n) is 12.7. The highest BCUT2D eigenvalue weighted by molar-refractivity contribution is 5.59. The van der Waals surface area contributed by atoms with E-state index in [1.807, 2.05) is 4.90 Å². The molecule has 1 aromatic carbocycles. The van der Waals surface area contributed by atoms with Gasteiger partial charge in [0, 0.05) is 36.2 Å². The molecule has 0 radical (unpaired) electrons. The normalized spacial score (nSPS) is 27.0. The van der Waals surface area contributed by atoms with Crippen LogP contribution in [0.5, 0.6) is 6.01 Å². The van der Waals surface area contributed by atoms with Crippen molar-refractivity contribution < 1.29 is 36.9 Å². The fraction of sp³-hybridized carbons (Fsp3) is 0.562. The molecule has 3 fully saturated rings. The van der Waals surface area contributed by atoms with Gasteiger partial charge in [0.05, 0.1) is 55.0 Å². The van der Waals surface area contributed by atoms with Gasteiger partial charge in [0.1, 0.15) is 18.0 Å². The van der Waals surface area contributed by atoms with Gasteiger partial charge in [0.25, 0.3) is 0 Å². The third kappa shape index (κ3) is 6.08. The van der Waals surface area contributed by atoms with Crippen LogP contribution < -0.4 is 15.4 Å². The molecule has 3 atom stereocenters. The molecule has 5 heterocycles. The first-order valence-corrected chi connectivity index (χ1v) is 15.0. The molecule has 6 rings (SSSR count). The molecule has 13 heteroatoms. The molecule has 3 N–H and O–H groups in total. The standard InChI is InChI=1S/C32H37F4N5O4/c1-4-6-20-11-22(37)27(33)25(26(20)32(34,35)36)24-12-23-21(15-44-24)28(40-9-10-43-17-30(3,42)16-40)39-29(38-23)45-18-31-7-5-8-41(31)14-19(2)13-31/h11,24,42H,2,5,7-10,12-18,37H2,1,3H3/t24-,30-,31+/m1/s1. The van der Waals surface area contributed by atoms with Crippen molar-refractivity contribution in [2.45, 2.75) is 69.6 Å². The van der Waals surface area contributed by atoms with Crippen LogP contribution in [-0.4, -0.2) is 77.1 Å². The Hall–Kier alpha value is -3.44. The van der Waals surface area contributed by atoms with Crippen molar-refractivity contribution in [1.29, 1.82) is 0 Å². The molecular weight excluding hydrogens is 594 g/mol. The lowest BCUT2D eigenvalue weighted by Gasteiger charge is -2.34. The number of hydrogen-bond donors (Lipinski definition) is 2. The Morgan fingerprint density at radius 2 is 2.09 bits per heavy atom. The van der Waals surface area contributed by atoms with E-state index in [1.165, 1.54) is 6.92 Å². The number of aromatic nitrogens is 2. The van der Waals surface area contributed by atoms with E-state index in [1.54, 1.807) is 6.92 Å². The number of nitrogen functional groups attached to an aromatic ring is 1. The lowest BCUT2D eigenvalue weighted by molar-refractivity contribution is -0.140. The summed E-state index contributed by atoms with van der Waals surface area (Å²) in [6.07, 6.45) is -3.71. The molecule has 4 aliphatic rings. The van der Waals surface area contributed by atoms with Crippen LogP contribution in [0.4, 0.5) is 29.1 Å². The minimum absolute atomic E-state index is 0.0505. The first-order valence-electron chi connectivity index (χ1n) is 15.0. The number of fused-ring (bicyclic) bond motifs is 2. The van der Waals surface area contributed by atoms with Crippen LogP contribution in [0, 0.1) is 17.7 Å². The van der Waals surface area contributed by atoms with Gasteiger partial charge in [-0.25, -0.2) is 4.39 Å². The fourth-order valence-electron chi connectivity index (χ4n) is 7.11. The Labute approximate surface area is 259 Å². The van der Waals surface area contributed by atoms with Crippen molar-refractivity contribution in [1.82, 2.24) is 14.9 Å². The summed E-state index contributed by atoms with van der Waals surface area (Å²) in [6, 6.07) is 0.951. The summed E-state index contributed by atoms with van der Waals surface area (Å²) in [5.41, 5.74) is 3.65. The Morgan fingerprint density at radius 1 is 1.29 bits per heavy atom. The average Bonchev–Trinajstić information content (AvgIpc) is 3.42. The fourth-order valence-corrected chi connectivity index (χ4v) is 7.11. The topological polar surface area (TPSA) is 106 Å². The molecule has 242 valence electrons. The SMILES string of the molecule is C=C1CN2CCC[C@@]2(COc2nc3c(c(N4CCOC[C@](C)(O)C4)n2)CO[C@@H](c2c(F)c(N)cc(C#CC)c2C(F)(F)F)C3)C1. The van der Waals surface area contributed by atoms with Crippen LogP contribution in [0.1, 0.15) is 67.2 Å².